The number of guanidine groups is 1. The first-order valence-electron chi connectivity index (χ1n) is 5.96. The van der Waals surface area contributed by atoms with Crippen LogP contribution in [0, 0.1) is 5.92 Å². The molecule has 2 fully saturated rings. The highest BCUT2D eigenvalue weighted by Crippen LogP contribution is 2.31. The molecule has 1 unspecified atom stereocenters. The van der Waals surface area contributed by atoms with E-state index in [1.54, 1.807) is 0 Å². The van der Waals surface area contributed by atoms with Crippen molar-refractivity contribution in [3.8, 4) is 0 Å². The zero-order valence-corrected chi connectivity index (χ0v) is 9.79. The summed E-state index contributed by atoms with van der Waals surface area (Å²) < 4.78 is 0. The summed E-state index contributed by atoms with van der Waals surface area (Å²) in [5.74, 6) is 1.70. The van der Waals surface area contributed by atoms with E-state index in [0.717, 1.165) is 24.5 Å². The van der Waals surface area contributed by atoms with E-state index in [1.807, 2.05) is 14.1 Å². The number of hydrogen-bond donors (Lipinski definition) is 2. The van der Waals surface area contributed by atoms with Gasteiger partial charge >= 0.3 is 0 Å². The van der Waals surface area contributed by atoms with Crippen molar-refractivity contribution < 1.29 is 0 Å². The first-order valence-corrected chi connectivity index (χ1v) is 5.96. The third kappa shape index (κ3) is 2.84. The fourth-order valence-corrected chi connectivity index (χ4v) is 2.32. The molecule has 0 aromatic rings. The Morgan fingerprint density at radius 2 is 2.20 bits per heavy atom. The van der Waals surface area contributed by atoms with Gasteiger partial charge in [-0.3, -0.25) is 4.99 Å². The Labute approximate surface area is 92.1 Å². The van der Waals surface area contributed by atoms with Crippen LogP contribution in [0.1, 0.15) is 19.3 Å². The lowest BCUT2D eigenvalue weighted by atomic mass is 10.1. The van der Waals surface area contributed by atoms with Crippen LogP contribution in [0.4, 0.5) is 0 Å². The fourth-order valence-electron chi connectivity index (χ4n) is 2.32. The van der Waals surface area contributed by atoms with Crippen LogP contribution in [-0.4, -0.2) is 50.6 Å². The monoisotopic (exact) mass is 210 g/mol. The van der Waals surface area contributed by atoms with Gasteiger partial charge in [0, 0.05) is 33.2 Å². The molecule has 2 rings (SSSR count). The van der Waals surface area contributed by atoms with Crippen LogP contribution >= 0.6 is 0 Å². The molecule has 2 N–H and O–H groups in total. The second kappa shape index (κ2) is 4.84. The molecule has 0 spiro atoms. The van der Waals surface area contributed by atoms with Gasteiger partial charge in [-0.05, 0) is 31.7 Å². The van der Waals surface area contributed by atoms with Crippen molar-refractivity contribution in [1.82, 2.24) is 15.5 Å². The predicted octanol–water partition coefficient (Wildman–Crippen LogP) is 0.266. The van der Waals surface area contributed by atoms with Crippen molar-refractivity contribution in [2.45, 2.75) is 25.3 Å². The predicted molar refractivity (Wildman–Crippen MR) is 63.1 cm³/mol. The Balaban J connectivity index is 1.67. The molecular weight excluding hydrogens is 188 g/mol. The van der Waals surface area contributed by atoms with Gasteiger partial charge in [0.15, 0.2) is 5.96 Å². The third-order valence-corrected chi connectivity index (χ3v) is 3.40. The summed E-state index contributed by atoms with van der Waals surface area (Å²) in [6.45, 7) is 3.63. The molecule has 1 aliphatic carbocycles. The van der Waals surface area contributed by atoms with Crippen LogP contribution in [0.5, 0.6) is 0 Å². The minimum Gasteiger partial charge on any atom is -0.359 e. The maximum absolute atomic E-state index is 4.11. The van der Waals surface area contributed by atoms with Gasteiger partial charge in [0.25, 0.3) is 0 Å². The number of likely N-dealkylation sites (tertiary alicyclic amines) is 1. The van der Waals surface area contributed by atoms with E-state index in [0.29, 0.717) is 0 Å². The standard InChI is InChI=1S/C11H22N4/c1-12-11(13-2)14-7-9-5-6-15(8-9)10-3-4-10/h9-10H,3-8H2,1-2H3,(H2,12,13,14). The first-order chi connectivity index (χ1) is 7.33. The number of nitrogens with one attached hydrogen (secondary N) is 2. The highest BCUT2D eigenvalue weighted by molar-refractivity contribution is 5.79. The maximum atomic E-state index is 4.11. The van der Waals surface area contributed by atoms with Gasteiger partial charge in [0.05, 0.1) is 0 Å². The number of rotatable bonds is 3. The smallest absolute Gasteiger partial charge is 0.190 e. The van der Waals surface area contributed by atoms with Crippen molar-refractivity contribution >= 4 is 5.96 Å². The quantitative estimate of drug-likeness (QED) is 0.519. The van der Waals surface area contributed by atoms with Crippen LogP contribution < -0.4 is 10.6 Å². The molecule has 4 nitrogen and oxygen atoms in total. The van der Waals surface area contributed by atoms with Crippen LogP contribution in [0.3, 0.4) is 0 Å². The van der Waals surface area contributed by atoms with Crippen LogP contribution in [0.15, 0.2) is 4.99 Å². The Bertz CT molecular complexity index is 235. The Hall–Kier alpha value is -0.770. The zero-order chi connectivity index (χ0) is 10.7. The zero-order valence-electron chi connectivity index (χ0n) is 9.79. The molecule has 4 heteroatoms. The van der Waals surface area contributed by atoms with Gasteiger partial charge in [0.2, 0.25) is 0 Å². The lowest BCUT2D eigenvalue weighted by Gasteiger charge is -2.16. The van der Waals surface area contributed by atoms with E-state index in [-0.39, 0.29) is 0 Å². The van der Waals surface area contributed by atoms with Crippen molar-refractivity contribution in [2.75, 3.05) is 33.7 Å². The van der Waals surface area contributed by atoms with Crippen LogP contribution in [-0.2, 0) is 0 Å². The van der Waals surface area contributed by atoms with E-state index in [2.05, 4.69) is 20.5 Å². The van der Waals surface area contributed by atoms with Gasteiger partial charge in [-0.1, -0.05) is 0 Å². The van der Waals surface area contributed by atoms with E-state index in [1.165, 1.54) is 32.4 Å². The molecule has 0 aromatic carbocycles. The van der Waals surface area contributed by atoms with E-state index >= 15 is 0 Å². The summed E-state index contributed by atoms with van der Waals surface area (Å²) in [4.78, 5) is 6.76. The van der Waals surface area contributed by atoms with Crippen molar-refractivity contribution in [2.24, 2.45) is 10.9 Å². The number of nitrogens with zero attached hydrogens (tertiary/aromatic N) is 2. The summed E-state index contributed by atoms with van der Waals surface area (Å²) in [5, 5.41) is 6.40. The molecule has 86 valence electrons. The van der Waals surface area contributed by atoms with Gasteiger partial charge in [0.1, 0.15) is 0 Å². The molecule has 0 bridgehead atoms. The molecule has 1 aliphatic heterocycles. The normalized spacial score (nSPS) is 28.1. The Morgan fingerprint density at radius 3 is 2.80 bits per heavy atom. The highest BCUT2D eigenvalue weighted by Gasteiger charge is 2.34. The van der Waals surface area contributed by atoms with Gasteiger partial charge < -0.3 is 15.5 Å². The number of hydrogen-bond acceptors (Lipinski definition) is 2. The molecule has 2 aliphatic rings. The van der Waals surface area contributed by atoms with Crippen molar-refractivity contribution in [3.05, 3.63) is 0 Å². The maximum Gasteiger partial charge on any atom is 0.190 e. The molecule has 0 amide bonds. The summed E-state index contributed by atoms with van der Waals surface area (Å²) >= 11 is 0. The Morgan fingerprint density at radius 1 is 1.40 bits per heavy atom. The molecule has 15 heavy (non-hydrogen) atoms. The second-order valence-corrected chi connectivity index (χ2v) is 4.58. The SMILES string of the molecule is CN=C(NC)NCC1CCN(C2CC2)C1. The summed E-state index contributed by atoms with van der Waals surface area (Å²) in [7, 11) is 3.71. The van der Waals surface area contributed by atoms with Gasteiger partial charge in [-0.25, -0.2) is 0 Å². The molecular formula is C11H22N4. The van der Waals surface area contributed by atoms with Gasteiger partial charge in [-0.2, -0.15) is 0 Å². The Kier molecular flexibility index (Phi) is 3.46. The second-order valence-electron chi connectivity index (χ2n) is 4.58. The van der Waals surface area contributed by atoms with E-state index in [9.17, 15) is 0 Å². The summed E-state index contributed by atoms with van der Waals surface area (Å²) in [5.41, 5.74) is 0. The van der Waals surface area contributed by atoms with Gasteiger partial charge in [-0.15, -0.1) is 0 Å². The lowest BCUT2D eigenvalue weighted by Crippen LogP contribution is -2.38. The molecule has 0 radical (unpaired) electrons. The summed E-state index contributed by atoms with van der Waals surface area (Å²) in [6, 6.07) is 0.929. The third-order valence-electron chi connectivity index (χ3n) is 3.40. The van der Waals surface area contributed by atoms with E-state index in [4.69, 9.17) is 0 Å². The molecule has 1 atom stereocenters. The average molecular weight is 210 g/mol. The average Bonchev–Trinajstić information content (AvgIpc) is 3.01. The molecule has 1 saturated heterocycles. The molecule has 1 heterocycles. The topological polar surface area (TPSA) is 39.7 Å². The fraction of sp³-hybridized carbons (Fsp3) is 0.909. The molecule has 0 aromatic heterocycles. The summed E-state index contributed by atoms with van der Waals surface area (Å²) in [6.07, 6.45) is 4.20. The van der Waals surface area contributed by atoms with Crippen LogP contribution in [0.2, 0.25) is 0 Å². The van der Waals surface area contributed by atoms with E-state index < -0.39 is 0 Å². The minimum atomic E-state index is 0.802. The largest absolute Gasteiger partial charge is 0.359 e. The van der Waals surface area contributed by atoms with Crippen molar-refractivity contribution in [3.63, 3.8) is 0 Å². The minimum absolute atomic E-state index is 0.802. The van der Waals surface area contributed by atoms with Crippen LogP contribution in [0.25, 0.3) is 0 Å². The first kappa shape index (κ1) is 10.7. The highest BCUT2D eigenvalue weighted by atomic mass is 15.2. The van der Waals surface area contributed by atoms with Crippen molar-refractivity contribution in [1.29, 1.82) is 0 Å². The number of aliphatic imine (C=N–C) groups is 1. The lowest BCUT2D eigenvalue weighted by molar-refractivity contribution is 0.314. The molecule has 1 saturated carbocycles.